The van der Waals surface area contributed by atoms with Crippen molar-refractivity contribution in [2.45, 2.75) is 41.3 Å². The van der Waals surface area contributed by atoms with E-state index in [4.69, 9.17) is 0 Å². The number of hydrogen-bond donors (Lipinski definition) is 0. The molecule has 0 N–H and O–H groups in total. The smallest absolute Gasteiger partial charge is 0.537 e. The Balaban J connectivity index is 0. The molecule has 0 aliphatic heterocycles. The van der Waals surface area contributed by atoms with Crippen LogP contribution in [0.3, 0.4) is 0 Å². The van der Waals surface area contributed by atoms with Gasteiger partial charge in [-0.25, -0.2) is 12.8 Å². The van der Waals surface area contributed by atoms with Gasteiger partial charge in [0.25, 0.3) is 0 Å². The minimum absolute atomic E-state index is 0. The summed E-state index contributed by atoms with van der Waals surface area (Å²) in [6.07, 6.45) is -22.9. The van der Waals surface area contributed by atoms with Gasteiger partial charge >= 0.3 is 63.7 Å². The van der Waals surface area contributed by atoms with Crippen LogP contribution < -0.4 is 0 Å². The average Bonchev–Trinajstić information content (AvgIpc) is 2.41. The zero-order chi connectivity index (χ0) is 24.3. The van der Waals surface area contributed by atoms with Crippen molar-refractivity contribution < 1.29 is 106 Å². The van der Waals surface area contributed by atoms with Gasteiger partial charge < -0.3 is 9.52 Å². The molecule has 0 spiro atoms. The van der Waals surface area contributed by atoms with E-state index in [1.807, 2.05) is 0 Å². The number of amides is 1. The van der Waals surface area contributed by atoms with Crippen LogP contribution in [0, 0.1) is 0 Å². The summed E-state index contributed by atoms with van der Waals surface area (Å²) in [6.45, 7) is 0. The molecule has 0 aromatic heterocycles. The molecule has 4 nitrogen and oxygen atoms in total. The maximum absolute atomic E-state index is 13.2. The number of carbonyl (C=O) groups is 1. The molecule has 0 radical (unpaired) electrons. The molecule has 0 saturated carbocycles. The van der Waals surface area contributed by atoms with Gasteiger partial charge in [-0.05, 0) is 0 Å². The molecule has 0 bridgehead atoms. The summed E-state index contributed by atoms with van der Waals surface area (Å²) in [7, 11) is -8.34. The van der Waals surface area contributed by atoms with Gasteiger partial charge in [-0.2, -0.15) is 65.9 Å². The zero-order valence-electron chi connectivity index (χ0n) is 12.4. The first-order valence-corrected chi connectivity index (χ1v) is 7.11. The van der Waals surface area contributed by atoms with Gasteiger partial charge in [-0.1, -0.05) is 0 Å². The van der Waals surface area contributed by atoms with E-state index in [0.717, 1.165) is 0 Å². The average molecular weight is 602 g/mol. The number of sulfonamides is 1. The monoisotopic (exact) mass is 601 g/mol. The van der Waals surface area contributed by atoms with Gasteiger partial charge in [-0.3, -0.25) is 0 Å². The number of hydrogen-bond acceptors (Lipinski definition) is 3. The van der Waals surface area contributed by atoms with Crippen molar-refractivity contribution in [3.63, 3.8) is 0 Å². The Morgan fingerprint density at radius 2 is 0.867 bits per heavy atom. The van der Waals surface area contributed by atoms with E-state index in [9.17, 15) is 83.5 Å². The number of carbonyl (C=O) groups excluding carboxylic acids is 1. The van der Waals surface area contributed by atoms with Crippen LogP contribution >= 0.6 is 0 Å². The van der Waals surface area contributed by atoms with E-state index in [1.54, 1.807) is 0 Å². The second-order valence-electron chi connectivity index (χ2n) is 4.68. The molecule has 0 aliphatic carbocycles. The minimum atomic E-state index is -8.34. The third kappa shape index (κ3) is 4.47. The second-order valence-corrected chi connectivity index (χ2v) is 6.38. The Hall–Kier alpha value is -0.960. The molecule has 30 heavy (non-hydrogen) atoms. The van der Waals surface area contributed by atoms with E-state index < -0.39 is 57.2 Å². The Labute approximate surface area is 168 Å². The number of rotatable bonds is 5. The molecule has 0 fully saturated rings. The van der Waals surface area contributed by atoms with Crippen LogP contribution in [0.2, 0.25) is 0 Å². The fourth-order valence-corrected chi connectivity index (χ4v) is 2.24. The van der Waals surface area contributed by atoms with Gasteiger partial charge in [0.1, 0.15) is 5.91 Å². The van der Waals surface area contributed by atoms with Crippen LogP contribution in [0.5, 0.6) is 0 Å². The summed E-state index contributed by atoms with van der Waals surface area (Å²) in [5.41, 5.74) is 0. The molecule has 0 aromatic carbocycles. The van der Waals surface area contributed by atoms with Crippen LogP contribution in [0.15, 0.2) is 0 Å². The molecule has 22 heteroatoms. The van der Waals surface area contributed by atoms with Crippen molar-refractivity contribution in [2.75, 3.05) is 0 Å². The van der Waals surface area contributed by atoms with E-state index in [2.05, 4.69) is 0 Å². The summed E-state index contributed by atoms with van der Waals surface area (Å²) in [4.78, 5) is 10.6. The second kappa shape index (κ2) is 7.87. The largest absolute Gasteiger partial charge is 1.00 e. The van der Waals surface area contributed by atoms with Crippen LogP contribution in [0.25, 0.3) is 4.72 Å². The number of alkyl halides is 16. The van der Waals surface area contributed by atoms with Crippen LogP contribution in [-0.2, 0) is 37.2 Å². The SMILES string of the molecule is O=C([N-]S(=O)(=O)C(F)(C(F)(F)F)C(F)(F)F)C(F)(F)C(F)(F)C(F)(F)C(F)(F)F.[Ag+]. The molecular weight excluding hydrogens is 602 g/mol. The normalized spacial score (nSPS) is 15.5. The van der Waals surface area contributed by atoms with Gasteiger partial charge in [0.2, 0.25) is 0 Å². The standard InChI is InChI=1S/C8HF16NO3S.Ag/c9-2(10,3(11,12)4(13,14)6(16,17)18)1(26)25-29(27,28)5(15,7(19,20)21)8(22,23)24;/h(H,25,26);/q;+1/p-1. The number of nitrogens with zero attached hydrogens (tertiary/aromatic N) is 1. The van der Waals surface area contributed by atoms with E-state index in [0.29, 0.717) is 0 Å². The van der Waals surface area contributed by atoms with Gasteiger partial charge in [0.05, 0.1) is 0 Å². The molecule has 1 amide bonds. The maximum atomic E-state index is 13.2. The summed E-state index contributed by atoms with van der Waals surface area (Å²) in [5.74, 6) is -28.4. The Bertz CT molecular complexity index is 736. The topological polar surface area (TPSA) is 65.3 Å². The van der Waals surface area contributed by atoms with Gasteiger partial charge in [0, 0.05) is 0 Å². The Morgan fingerprint density at radius 3 is 1.10 bits per heavy atom. The third-order valence-corrected chi connectivity index (χ3v) is 4.28. The first kappa shape index (κ1) is 31.2. The predicted octanol–water partition coefficient (Wildman–Crippen LogP) is 4.47. The van der Waals surface area contributed by atoms with E-state index in [1.165, 1.54) is 0 Å². The van der Waals surface area contributed by atoms with Gasteiger partial charge in [-0.15, -0.1) is 0 Å². The summed E-state index contributed by atoms with van der Waals surface area (Å²) in [5, 5.41) is -7.69. The number of halogens is 16. The summed E-state index contributed by atoms with van der Waals surface area (Å²) >= 11 is 0. The van der Waals surface area contributed by atoms with Crippen molar-refractivity contribution in [1.29, 1.82) is 0 Å². The summed E-state index contributed by atoms with van der Waals surface area (Å²) in [6, 6.07) is 0. The fourth-order valence-electron chi connectivity index (χ4n) is 1.19. The van der Waals surface area contributed by atoms with Crippen LogP contribution in [0.1, 0.15) is 0 Å². The van der Waals surface area contributed by atoms with Crippen molar-refractivity contribution in [3.8, 4) is 0 Å². The predicted molar refractivity (Wildman–Crippen MR) is 54.1 cm³/mol. The molecule has 0 saturated heterocycles. The molecule has 0 aliphatic rings. The molecular formula is C8AgF16NO3S. The quantitative estimate of drug-likeness (QED) is 0.345. The van der Waals surface area contributed by atoms with Crippen LogP contribution in [0.4, 0.5) is 70.2 Å². The Kier molecular flexibility index (Phi) is 8.19. The van der Waals surface area contributed by atoms with E-state index >= 15 is 0 Å². The Morgan fingerprint density at radius 1 is 0.567 bits per heavy atom. The molecule has 0 atom stereocenters. The van der Waals surface area contributed by atoms with E-state index in [-0.39, 0.29) is 27.1 Å². The van der Waals surface area contributed by atoms with Crippen molar-refractivity contribution in [3.05, 3.63) is 4.72 Å². The first-order chi connectivity index (χ1) is 12.1. The molecule has 0 heterocycles. The van der Waals surface area contributed by atoms with Gasteiger partial charge in [0.15, 0.2) is 10.0 Å². The molecule has 184 valence electrons. The van der Waals surface area contributed by atoms with Crippen molar-refractivity contribution in [1.82, 2.24) is 0 Å². The first-order valence-electron chi connectivity index (χ1n) is 5.67. The van der Waals surface area contributed by atoms with Crippen molar-refractivity contribution in [2.24, 2.45) is 0 Å². The fraction of sp³-hybridized carbons (Fsp3) is 0.875. The minimum Gasteiger partial charge on any atom is -0.537 e. The molecule has 0 unspecified atom stereocenters. The van der Waals surface area contributed by atoms with Crippen LogP contribution in [-0.4, -0.2) is 55.6 Å². The molecule has 0 aromatic rings. The maximum Gasteiger partial charge on any atom is 1.00 e. The third-order valence-electron chi connectivity index (χ3n) is 2.70. The summed E-state index contributed by atoms with van der Waals surface area (Å²) < 4.78 is 220. The zero-order valence-corrected chi connectivity index (χ0v) is 14.7. The van der Waals surface area contributed by atoms with Crippen molar-refractivity contribution >= 4 is 15.9 Å². The molecule has 0 rings (SSSR count).